The SMILES string of the molecule is CC(NC(=O)NC1(C(=O)O)CCC1)c1ccccc1. The lowest BCUT2D eigenvalue weighted by Gasteiger charge is -2.38. The highest BCUT2D eigenvalue weighted by Gasteiger charge is 2.45. The van der Waals surface area contributed by atoms with Crippen LogP contribution in [-0.2, 0) is 4.79 Å². The molecule has 19 heavy (non-hydrogen) atoms. The summed E-state index contributed by atoms with van der Waals surface area (Å²) in [7, 11) is 0. The molecule has 102 valence electrons. The molecule has 0 spiro atoms. The van der Waals surface area contributed by atoms with Gasteiger partial charge in [0.25, 0.3) is 0 Å². The summed E-state index contributed by atoms with van der Waals surface area (Å²) < 4.78 is 0. The molecule has 0 radical (unpaired) electrons. The minimum Gasteiger partial charge on any atom is -0.480 e. The molecule has 0 bridgehead atoms. The molecule has 1 aliphatic carbocycles. The number of carbonyl (C=O) groups excluding carboxylic acids is 1. The van der Waals surface area contributed by atoms with E-state index in [-0.39, 0.29) is 6.04 Å². The van der Waals surface area contributed by atoms with E-state index >= 15 is 0 Å². The minimum atomic E-state index is -1.07. The van der Waals surface area contributed by atoms with Gasteiger partial charge in [0, 0.05) is 0 Å². The summed E-state index contributed by atoms with van der Waals surface area (Å²) in [6.07, 6.45) is 1.83. The maximum atomic E-state index is 11.9. The lowest BCUT2D eigenvalue weighted by molar-refractivity contribution is -0.148. The van der Waals surface area contributed by atoms with Crippen molar-refractivity contribution in [3.63, 3.8) is 0 Å². The molecule has 1 saturated carbocycles. The molecular formula is C14H18N2O3. The van der Waals surface area contributed by atoms with Gasteiger partial charge in [-0.25, -0.2) is 9.59 Å². The van der Waals surface area contributed by atoms with Gasteiger partial charge in [-0.05, 0) is 31.7 Å². The van der Waals surface area contributed by atoms with Crippen molar-refractivity contribution in [1.29, 1.82) is 0 Å². The van der Waals surface area contributed by atoms with Crippen molar-refractivity contribution in [3.05, 3.63) is 35.9 Å². The highest BCUT2D eigenvalue weighted by molar-refractivity contribution is 5.87. The Kier molecular flexibility index (Phi) is 3.74. The monoisotopic (exact) mass is 262 g/mol. The van der Waals surface area contributed by atoms with E-state index in [1.807, 2.05) is 37.3 Å². The highest BCUT2D eigenvalue weighted by atomic mass is 16.4. The van der Waals surface area contributed by atoms with E-state index in [0.717, 1.165) is 12.0 Å². The molecule has 1 aliphatic rings. The second-order valence-electron chi connectivity index (χ2n) is 4.97. The molecule has 0 aliphatic heterocycles. The van der Waals surface area contributed by atoms with E-state index in [0.29, 0.717) is 12.8 Å². The fraction of sp³-hybridized carbons (Fsp3) is 0.429. The quantitative estimate of drug-likeness (QED) is 0.777. The van der Waals surface area contributed by atoms with Crippen molar-refractivity contribution in [2.24, 2.45) is 0 Å². The normalized spacial score (nSPS) is 17.9. The lowest BCUT2D eigenvalue weighted by atomic mass is 9.77. The second-order valence-corrected chi connectivity index (χ2v) is 4.97. The van der Waals surface area contributed by atoms with Crippen LogP contribution in [0.15, 0.2) is 30.3 Å². The van der Waals surface area contributed by atoms with E-state index in [2.05, 4.69) is 10.6 Å². The van der Waals surface area contributed by atoms with Crippen molar-refractivity contribution >= 4 is 12.0 Å². The maximum Gasteiger partial charge on any atom is 0.329 e. The zero-order valence-electron chi connectivity index (χ0n) is 10.8. The van der Waals surface area contributed by atoms with Gasteiger partial charge in [0.05, 0.1) is 6.04 Å². The molecular weight excluding hydrogens is 244 g/mol. The summed E-state index contributed by atoms with van der Waals surface area (Å²) in [5.41, 5.74) is -0.0869. The Hall–Kier alpha value is -2.04. The first-order valence-electron chi connectivity index (χ1n) is 6.40. The van der Waals surface area contributed by atoms with Crippen molar-refractivity contribution in [2.45, 2.75) is 37.8 Å². The third-order valence-corrected chi connectivity index (χ3v) is 3.62. The standard InChI is InChI=1S/C14H18N2O3/c1-10(11-6-3-2-4-7-11)15-13(19)16-14(12(17)18)8-5-9-14/h2-4,6-7,10H,5,8-9H2,1H3,(H,17,18)(H2,15,16,19). The fourth-order valence-electron chi connectivity index (χ4n) is 2.20. The summed E-state index contributed by atoms with van der Waals surface area (Å²) in [4.78, 5) is 23.0. The molecule has 1 aromatic rings. The molecule has 2 rings (SSSR count). The van der Waals surface area contributed by atoms with Gasteiger partial charge in [0.1, 0.15) is 5.54 Å². The largest absolute Gasteiger partial charge is 0.480 e. The van der Waals surface area contributed by atoms with Crippen molar-refractivity contribution in [3.8, 4) is 0 Å². The van der Waals surface area contributed by atoms with Crippen LogP contribution in [0.3, 0.4) is 0 Å². The summed E-state index contributed by atoms with van der Waals surface area (Å²) in [6, 6.07) is 8.95. The van der Waals surface area contributed by atoms with E-state index < -0.39 is 17.5 Å². The van der Waals surface area contributed by atoms with E-state index in [9.17, 15) is 9.59 Å². The predicted octanol–water partition coefficient (Wildman–Crippen LogP) is 2.05. The number of hydrogen-bond donors (Lipinski definition) is 3. The average Bonchev–Trinajstić information content (AvgIpc) is 2.34. The topological polar surface area (TPSA) is 78.4 Å². The van der Waals surface area contributed by atoms with Gasteiger partial charge >= 0.3 is 12.0 Å². The maximum absolute atomic E-state index is 11.9. The van der Waals surface area contributed by atoms with Gasteiger partial charge in [-0.1, -0.05) is 30.3 Å². The molecule has 0 heterocycles. The van der Waals surface area contributed by atoms with Crippen molar-refractivity contribution in [1.82, 2.24) is 10.6 Å². The van der Waals surface area contributed by atoms with Crippen LogP contribution in [0.2, 0.25) is 0 Å². The number of urea groups is 1. The van der Waals surface area contributed by atoms with Crippen LogP contribution < -0.4 is 10.6 Å². The third-order valence-electron chi connectivity index (χ3n) is 3.62. The van der Waals surface area contributed by atoms with Gasteiger partial charge in [-0.15, -0.1) is 0 Å². The van der Waals surface area contributed by atoms with Gasteiger partial charge in [-0.2, -0.15) is 0 Å². The minimum absolute atomic E-state index is 0.160. The van der Waals surface area contributed by atoms with Crippen LogP contribution in [0.1, 0.15) is 37.8 Å². The Morgan fingerprint density at radius 3 is 2.37 bits per heavy atom. The van der Waals surface area contributed by atoms with Crippen molar-refractivity contribution in [2.75, 3.05) is 0 Å². The number of hydrogen-bond acceptors (Lipinski definition) is 2. The van der Waals surface area contributed by atoms with Crippen LogP contribution in [0, 0.1) is 0 Å². The van der Waals surface area contributed by atoms with Crippen LogP contribution in [0.4, 0.5) is 4.79 Å². The van der Waals surface area contributed by atoms with Gasteiger partial charge in [-0.3, -0.25) is 0 Å². The average molecular weight is 262 g/mol. The van der Waals surface area contributed by atoms with Gasteiger partial charge < -0.3 is 15.7 Å². The summed E-state index contributed by atoms with van der Waals surface area (Å²) >= 11 is 0. The van der Waals surface area contributed by atoms with Crippen LogP contribution in [0.25, 0.3) is 0 Å². The smallest absolute Gasteiger partial charge is 0.329 e. The molecule has 3 N–H and O–H groups in total. The predicted molar refractivity (Wildman–Crippen MR) is 70.7 cm³/mol. The highest BCUT2D eigenvalue weighted by Crippen LogP contribution is 2.32. The van der Waals surface area contributed by atoms with Crippen LogP contribution in [-0.4, -0.2) is 22.6 Å². The number of nitrogens with one attached hydrogen (secondary N) is 2. The summed E-state index contributed by atoms with van der Waals surface area (Å²) in [5.74, 6) is -0.957. The molecule has 1 fully saturated rings. The number of carboxylic acids is 1. The summed E-state index contributed by atoms with van der Waals surface area (Å²) in [6.45, 7) is 1.86. The number of carboxylic acid groups (broad SMARTS) is 1. The summed E-state index contributed by atoms with van der Waals surface area (Å²) in [5, 5.41) is 14.5. The Morgan fingerprint density at radius 1 is 1.26 bits per heavy atom. The number of aliphatic carboxylic acids is 1. The Morgan fingerprint density at radius 2 is 1.89 bits per heavy atom. The zero-order chi connectivity index (χ0) is 13.9. The van der Waals surface area contributed by atoms with Crippen molar-refractivity contribution < 1.29 is 14.7 Å². The molecule has 1 aromatic carbocycles. The number of carbonyl (C=O) groups is 2. The van der Waals surface area contributed by atoms with E-state index in [4.69, 9.17) is 5.11 Å². The lowest BCUT2D eigenvalue weighted by Crippen LogP contribution is -2.61. The fourth-order valence-corrected chi connectivity index (χ4v) is 2.20. The van der Waals surface area contributed by atoms with Crippen LogP contribution in [0.5, 0.6) is 0 Å². The van der Waals surface area contributed by atoms with Gasteiger partial charge in [0.15, 0.2) is 0 Å². The first-order chi connectivity index (χ1) is 9.03. The zero-order valence-corrected chi connectivity index (χ0v) is 10.8. The molecule has 0 aromatic heterocycles. The molecule has 0 saturated heterocycles. The molecule has 2 amide bonds. The first kappa shape index (κ1) is 13.4. The third kappa shape index (κ3) is 2.86. The molecule has 5 heteroatoms. The van der Waals surface area contributed by atoms with Gasteiger partial charge in [0.2, 0.25) is 0 Å². The van der Waals surface area contributed by atoms with Crippen LogP contribution >= 0.6 is 0 Å². The molecule has 1 atom stereocenters. The second kappa shape index (κ2) is 5.30. The molecule has 5 nitrogen and oxygen atoms in total. The number of benzene rings is 1. The Labute approximate surface area is 112 Å². The number of rotatable bonds is 4. The van der Waals surface area contributed by atoms with E-state index in [1.54, 1.807) is 0 Å². The first-order valence-corrected chi connectivity index (χ1v) is 6.40. The Bertz CT molecular complexity index is 469. The Balaban J connectivity index is 1.93. The molecule has 1 unspecified atom stereocenters. The number of amides is 2. The van der Waals surface area contributed by atoms with E-state index in [1.165, 1.54) is 0 Å².